The zero-order valence-corrected chi connectivity index (χ0v) is 8.10. The van der Waals surface area contributed by atoms with Gasteiger partial charge in [0, 0.05) is 12.1 Å². The Morgan fingerprint density at radius 1 is 1.53 bits per heavy atom. The highest BCUT2D eigenvalue weighted by atomic mass is 16.6. The maximum absolute atomic E-state index is 10.5. The Labute approximate surface area is 85.6 Å². The first kappa shape index (κ1) is 9.39. The predicted molar refractivity (Wildman–Crippen MR) is 57.5 cm³/mol. The van der Waals surface area contributed by atoms with Crippen molar-refractivity contribution in [1.29, 1.82) is 0 Å². The first-order valence-corrected chi connectivity index (χ1v) is 4.47. The van der Waals surface area contributed by atoms with Crippen LogP contribution >= 0.6 is 0 Å². The molecule has 5 heteroatoms. The van der Waals surface area contributed by atoms with Crippen molar-refractivity contribution in [3.8, 4) is 0 Å². The molecule has 1 N–H and O–H groups in total. The van der Waals surface area contributed by atoms with Crippen LogP contribution < -0.4 is 0 Å². The number of imidazole rings is 1. The summed E-state index contributed by atoms with van der Waals surface area (Å²) in [5.41, 5.74) is 1.48. The van der Waals surface area contributed by atoms with Crippen LogP contribution in [0, 0.1) is 10.1 Å². The van der Waals surface area contributed by atoms with E-state index in [9.17, 15) is 10.1 Å². The Hall–Kier alpha value is -2.17. The SMILES string of the molecule is CC=Cc1nc2ccc([N+](=O)[O-])cc2[nH]1. The number of rotatable bonds is 2. The molecule has 2 rings (SSSR count). The average molecular weight is 203 g/mol. The van der Waals surface area contributed by atoms with E-state index in [0.717, 1.165) is 5.52 Å². The minimum Gasteiger partial charge on any atom is -0.338 e. The Morgan fingerprint density at radius 3 is 3.00 bits per heavy atom. The molecule has 0 saturated carbocycles. The van der Waals surface area contributed by atoms with Crippen molar-refractivity contribution in [3.05, 3.63) is 40.2 Å². The summed E-state index contributed by atoms with van der Waals surface area (Å²) in [5, 5.41) is 10.5. The number of hydrogen-bond acceptors (Lipinski definition) is 3. The average Bonchev–Trinajstić information content (AvgIpc) is 2.59. The van der Waals surface area contributed by atoms with Crippen molar-refractivity contribution in [3.63, 3.8) is 0 Å². The van der Waals surface area contributed by atoms with Gasteiger partial charge in [0.15, 0.2) is 0 Å². The molecule has 0 aliphatic rings. The lowest BCUT2D eigenvalue weighted by molar-refractivity contribution is -0.384. The summed E-state index contributed by atoms with van der Waals surface area (Å²) in [5.74, 6) is 0.702. The summed E-state index contributed by atoms with van der Waals surface area (Å²) in [6.07, 6.45) is 3.66. The normalized spacial score (nSPS) is 11.3. The van der Waals surface area contributed by atoms with Crippen LogP contribution in [0.25, 0.3) is 17.1 Å². The largest absolute Gasteiger partial charge is 0.338 e. The van der Waals surface area contributed by atoms with E-state index in [4.69, 9.17) is 0 Å². The number of aromatic amines is 1. The van der Waals surface area contributed by atoms with Gasteiger partial charge in [-0.3, -0.25) is 10.1 Å². The number of nitrogens with one attached hydrogen (secondary N) is 1. The number of aromatic nitrogens is 2. The summed E-state index contributed by atoms with van der Waals surface area (Å²) in [7, 11) is 0. The van der Waals surface area contributed by atoms with Crippen LogP contribution in [0.5, 0.6) is 0 Å². The molecular formula is C10H9N3O2. The number of non-ortho nitro benzene ring substituents is 1. The van der Waals surface area contributed by atoms with Crippen molar-refractivity contribution < 1.29 is 4.92 Å². The number of H-pyrrole nitrogens is 1. The molecule has 0 aliphatic heterocycles. The molecule has 15 heavy (non-hydrogen) atoms. The molecule has 0 amide bonds. The molecule has 1 aromatic heterocycles. The highest BCUT2D eigenvalue weighted by Crippen LogP contribution is 2.19. The first-order chi connectivity index (χ1) is 7.20. The van der Waals surface area contributed by atoms with Gasteiger partial charge in [0.2, 0.25) is 0 Å². The minimum atomic E-state index is -0.421. The van der Waals surface area contributed by atoms with Crippen molar-refractivity contribution in [2.24, 2.45) is 0 Å². The van der Waals surface area contributed by atoms with Crippen molar-refractivity contribution in [2.45, 2.75) is 6.92 Å². The molecule has 0 unspecified atom stereocenters. The topological polar surface area (TPSA) is 71.8 Å². The van der Waals surface area contributed by atoms with Gasteiger partial charge in [-0.25, -0.2) is 4.98 Å². The quantitative estimate of drug-likeness (QED) is 0.602. The van der Waals surface area contributed by atoms with E-state index in [1.807, 2.05) is 19.1 Å². The summed E-state index contributed by atoms with van der Waals surface area (Å²) in [6.45, 7) is 1.88. The lowest BCUT2D eigenvalue weighted by atomic mass is 10.3. The van der Waals surface area contributed by atoms with Crippen molar-refractivity contribution >= 4 is 22.8 Å². The second kappa shape index (κ2) is 3.53. The smallest absolute Gasteiger partial charge is 0.271 e. The number of nitro groups is 1. The zero-order valence-electron chi connectivity index (χ0n) is 8.10. The van der Waals surface area contributed by atoms with Gasteiger partial charge < -0.3 is 4.98 Å². The van der Waals surface area contributed by atoms with Gasteiger partial charge in [0.05, 0.1) is 16.0 Å². The van der Waals surface area contributed by atoms with Gasteiger partial charge in [-0.05, 0) is 19.1 Å². The molecule has 2 aromatic rings. The predicted octanol–water partition coefficient (Wildman–Crippen LogP) is 2.50. The lowest BCUT2D eigenvalue weighted by Gasteiger charge is -1.89. The fraction of sp³-hybridized carbons (Fsp3) is 0.100. The Kier molecular flexibility index (Phi) is 2.21. The third kappa shape index (κ3) is 1.71. The number of allylic oxidation sites excluding steroid dienone is 1. The van der Waals surface area contributed by atoms with Crippen LogP contribution in [-0.4, -0.2) is 14.9 Å². The molecule has 0 atom stereocenters. The van der Waals surface area contributed by atoms with Crippen molar-refractivity contribution in [2.75, 3.05) is 0 Å². The van der Waals surface area contributed by atoms with E-state index in [0.29, 0.717) is 11.3 Å². The highest BCUT2D eigenvalue weighted by molar-refractivity contribution is 5.79. The molecule has 0 aliphatic carbocycles. The molecule has 0 radical (unpaired) electrons. The summed E-state index contributed by atoms with van der Waals surface area (Å²) < 4.78 is 0. The molecule has 76 valence electrons. The maximum Gasteiger partial charge on any atom is 0.271 e. The van der Waals surface area contributed by atoms with Crippen LogP contribution in [0.15, 0.2) is 24.3 Å². The second-order valence-corrected chi connectivity index (χ2v) is 3.08. The van der Waals surface area contributed by atoms with E-state index < -0.39 is 4.92 Å². The van der Waals surface area contributed by atoms with Crippen LogP contribution in [-0.2, 0) is 0 Å². The van der Waals surface area contributed by atoms with Gasteiger partial charge in [-0.2, -0.15) is 0 Å². The van der Waals surface area contributed by atoms with Gasteiger partial charge in [0.1, 0.15) is 5.82 Å². The Balaban J connectivity index is 2.56. The monoisotopic (exact) mass is 203 g/mol. The van der Waals surface area contributed by atoms with Gasteiger partial charge >= 0.3 is 0 Å². The molecule has 5 nitrogen and oxygen atoms in total. The Bertz CT molecular complexity index is 543. The number of nitro benzene ring substituents is 1. The fourth-order valence-electron chi connectivity index (χ4n) is 1.37. The second-order valence-electron chi connectivity index (χ2n) is 3.08. The third-order valence-corrected chi connectivity index (χ3v) is 2.02. The van der Waals surface area contributed by atoms with Crippen LogP contribution in [0.4, 0.5) is 5.69 Å². The van der Waals surface area contributed by atoms with Gasteiger partial charge in [-0.1, -0.05) is 6.08 Å². The van der Waals surface area contributed by atoms with E-state index in [2.05, 4.69) is 9.97 Å². The zero-order chi connectivity index (χ0) is 10.8. The van der Waals surface area contributed by atoms with Crippen LogP contribution in [0.1, 0.15) is 12.7 Å². The highest BCUT2D eigenvalue weighted by Gasteiger charge is 2.08. The maximum atomic E-state index is 10.5. The summed E-state index contributed by atoms with van der Waals surface area (Å²) in [4.78, 5) is 17.3. The third-order valence-electron chi connectivity index (χ3n) is 2.02. The molecule has 1 aromatic carbocycles. The van der Waals surface area contributed by atoms with E-state index >= 15 is 0 Å². The summed E-state index contributed by atoms with van der Waals surface area (Å²) in [6, 6.07) is 4.56. The van der Waals surface area contributed by atoms with Gasteiger partial charge in [0.25, 0.3) is 5.69 Å². The molecular weight excluding hydrogens is 194 g/mol. The van der Waals surface area contributed by atoms with Crippen LogP contribution in [0.3, 0.4) is 0 Å². The van der Waals surface area contributed by atoms with E-state index in [-0.39, 0.29) is 5.69 Å². The molecule has 0 spiro atoms. The van der Waals surface area contributed by atoms with Crippen LogP contribution in [0.2, 0.25) is 0 Å². The molecule has 0 fully saturated rings. The molecule has 1 heterocycles. The van der Waals surface area contributed by atoms with E-state index in [1.54, 1.807) is 6.07 Å². The minimum absolute atomic E-state index is 0.0678. The fourth-order valence-corrected chi connectivity index (χ4v) is 1.37. The molecule has 0 bridgehead atoms. The van der Waals surface area contributed by atoms with Gasteiger partial charge in [-0.15, -0.1) is 0 Å². The van der Waals surface area contributed by atoms with Crippen molar-refractivity contribution in [1.82, 2.24) is 9.97 Å². The summed E-state index contributed by atoms with van der Waals surface area (Å²) >= 11 is 0. The Morgan fingerprint density at radius 2 is 2.33 bits per heavy atom. The number of nitrogens with zero attached hydrogens (tertiary/aromatic N) is 2. The number of fused-ring (bicyclic) bond motifs is 1. The number of benzene rings is 1. The van der Waals surface area contributed by atoms with E-state index in [1.165, 1.54) is 12.1 Å². The standard InChI is InChI=1S/C10H9N3O2/c1-2-3-10-11-8-5-4-7(13(14)15)6-9(8)12-10/h2-6H,1H3,(H,11,12). The molecule has 0 saturated heterocycles. The number of hydrogen-bond donors (Lipinski definition) is 1. The lowest BCUT2D eigenvalue weighted by Crippen LogP contribution is -1.86. The first-order valence-electron chi connectivity index (χ1n) is 4.47.